The van der Waals surface area contributed by atoms with E-state index in [0.29, 0.717) is 5.56 Å². The number of carboxylic acids is 1. The maximum absolute atomic E-state index is 13.7. The van der Waals surface area contributed by atoms with Crippen LogP contribution in [0.4, 0.5) is 14.5 Å². The zero-order chi connectivity index (χ0) is 15.6. The number of aliphatic carboxylic acids is 1. The van der Waals surface area contributed by atoms with Gasteiger partial charge in [-0.1, -0.05) is 34.1 Å². The van der Waals surface area contributed by atoms with Crippen molar-refractivity contribution in [2.75, 3.05) is 5.32 Å². The molecule has 0 amide bonds. The van der Waals surface area contributed by atoms with Crippen LogP contribution < -0.4 is 5.32 Å². The van der Waals surface area contributed by atoms with Crippen LogP contribution >= 0.6 is 15.9 Å². The molecule has 6 heteroatoms. The number of nitrogens with one attached hydrogen (secondary N) is 1. The van der Waals surface area contributed by atoms with E-state index >= 15 is 0 Å². The van der Waals surface area contributed by atoms with Gasteiger partial charge in [0.1, 0.15) is 11.6 Å². The van der Waals surface area contributed by atoms with Gasteiger partial charge in [-0.15, -0.1) is 0 Å². The average molecular weight is 356 g/mol. The summed E-state index contributed by atoms with van der Waals surface area (Å²) in [6, 6.07) is 9.43. The summed E-state index contributed by atoms with van der Waals surface area (Å²) in [5.74, 6) is -2.27. The maximum atomic E-state index is 13.7. The van der Waals surface area contributed by atoms with Gasteiger partial charge in [0.05, 0.1) is 5.69 Å². The van der Waals surface area contributed by atoms with Crippen molar-refractivity contribution in [1.29, 1.82) is 0 Å². The molecule has 0 aliphatic carbocycles. The van der Waals surface area contributed by atoms with Crippen LogP contribution in [0.1, 0.15) is 12.5 Å². The van der Waals surface area contributed by atoms with E-state index in [0.717, 1.165) is 6.07 Å². The van der Waals surface area contributed by atoms with Crippen molar-refractivity contribution < 1.29 is 18.7 Å². The molecule has 0 fully saturated rings. The summed E-state index contributed by atoms with van der Waals surface area (Å²) >= 11 is 3.15. The molecule has 2 aromatic rings. The van der Waals surface area contributed by atoms with Crippen molar-refractivity contribution in [3.63, 3.8) is 0 Å². The highest BCUT2D eigenvalue weighted by Crippen LogP contribution is 2.33. The fourth-order valence-corrected chi connectivity index (χ4v) is 2.71. The lowest BCUT2D eigenvalue weighted by molar-refractivity contribution is -0.142. The van der Waals surface area contributed by atoms with Gasteiger partial charge >= 0.3 is 5.97 Å². The van der Waals surface area contributed by atoms with Gasteiger partial charge in [-0.3, -0.25) is 0 Å². The van der Waals surface area contributed by atoms with E-state index in [1.807, 2.05) is 0 Å². The van der Waals surface area contributed by atoms with Crippen molar-refractivity contribution in [1.82, 2.24) is 0 Å². The predicted molar refractivity (Wildman–Crippen MR) is 79.1 cm³/mol. The summed E-state index contributed by atoms with van der Waals surface area (Å²) in [7, 11) is 0. The Hall–Kier alpha value is -1.95. The molecule has 0 radical (unpaired) electrons. The third-order valence-electron chi connectivity index (χ3n) is 3.16. The third-order valence-corrected chi connectivity index (χ3v) is 3.81. The SMILES string of the molecule is CC(Nc1ccccc1F)(C(=O)O)c1ccc(F)cc1Br. The Morgan fingerprint density at radius 1 is 1.24 bits per heavy atom. The van der Waals surface area contributed by atoms with Crippen molar-refractivity contribution in [2.45, 2.75) is 12.5 Å². The van der Waals surface area contributed by atoms with Crippen LogP contribution in [0.5, 0.6) is 0 Å². The lowest BCUT2D eigenvalue weighted by Crippen LogP contribution is -2.41. The van der Waals surface area contributed by atoms with Crippen LogP contribution in [-0.2, 0) is 10.3 Å². The van der Waals surface area contributed by atoms with Crippen molar-refractivity contribution >= 4 is 27.6 Å². The lowest BCUT2D eigenvalue weighted by atomic mass is 9.91. The van der Waals surface area contributed by atoms with Gasteiger partial charge in [0, 0.05) is 10.0 Å². The van der Waals surface area contributed by atoms with Gasteiger partial charge in [-0.05, 0) is 31.2 Å². The van der Waals surface area contributed by atoms with Crippen molar-refractivity contribution in [3.8, 4) is 0 Å². The van der Waals surface area contributed by atoms with Gasteiger partial charge in [-0.2, -0.15) is 0 Å². The minimum atomic E-state index is -1.62. The number of rotatable bonds is 4. The van der Waals surface area contributed by atoms with Crippen molar-refractivity contribution in [3.05, 3.63) is 64.1 Å². The molecule has 0 saturated carbocycles. The molecule has 0 bridgehead atoms. The molecule has 1 unspecified atom stereocenters. The molecule has 0 heterocycles. The smallest absolute Gasteiger partial charge is 0.333 e. The highest BCUT2D eigenvalue weighted by atomic mass is 79.9. The number of hydrogen-bond donors (Lipinski definition) is 2. The van der Waals surface area contributed by atoms with Crippen LogP contribution in [0.3, 0.4) is 0 Å². The van der Waals surface area contributed by atoms with E-state index in [9.17, 15) is 18.7 Å². The van der Waals surface area contributed by atoms with Gasteiger partial charge in [0.25, 0.3) is 0 Å². The molecule has 1 atom stereocenters. The van der Waals surface area contributed by atoms with Gasteiger partial charge in [-0.25, -0.2) is 13.6 Å². The topological polar surface area (TPSA) is 49.3 Å². The van der Waals surface area contributed by atoms with Gasteiger partial charge < -0.3 is 10.4 Å². The zero-order valence-corrected chi connectivity index (χ0v) is 12.6. The number of carbonyl (C=O) groups is 1. The zero-order valence-electron chi connectivity index (χ0n) is 11.0. The molecule has 0 aromatic heterocycles. The first kappa shape index (κ1) is 15.4. The number of benzene rings is 2. The first-order chi connectivity index (χ1) is 9.84. The first-order valence-electron chi connectivity index (χ1n) is 6.06. The molecule has 2 aromatic carbocycles. The largest absolute Gasteiger partial charge is 0.479 e. The minimum Gasteiger partial charge on any atom is -0.479 e. The lowest BCUT2D eigenvalue weighted by Gasteiger charge is -2.29. The number of halogens is 3. The number of para-hydroxylation sites is 1. The summed E-state index contributed by atoms with van der Waals surface area (Å²) in [5, 5.41) is 12.2. The summed E-state index contributed by atoms with van der Waals surface area (Å²) in [4.78, 5) is 11.7. The second kappa shape index (κ2) is 5.81. The first-order valence-corrected chi connectivity index (χ1v) is 6.85. The number of anilines is 1. The van der Waals surface area contributed by atoms with Crippen LogP contribution in [0, 0.1) is 11.6 Å². The minimum absolute atomic E-state index is 0.0543. The monoisotopic (exact) mass is 355 g/mol. The Morgan fingerprint density at radius 2 is 1.90 bits per heavy atom. The van der Waals surface area contributed by atoms with E-state index in [1.54, 1.807) is 6.07 Å². The standard InChI is InChI=1S/C15H12BrF2NO2/c1-15(14(20)21,10-7-6-9(17)8-11(10)16)19-13-5-3-2-4-12(13)18/h2-8,19H,1H3,(H,20,21). The van der Waals surface area contributed by atoms with Crippen LogP contribution in [-0.4, -0.2) is 11.1 Å². The Morgan fingerprint density at radius 3 is 2.48 bits per heavy atom. The summed E-state index contributed by atoms with van der Waals surface area (Å²) in [6.07, 6.45) is 0. The fraction of sp³-hybridized carbons (Fsp3) is 0.133. The molecule has 21 heavy (non-hydrogen) atoms. The predicted octanol–water partition coefficient (Wildman–Crippen LogP) is 4.14. The molecule has 2 N–H and O–H groups in total. The van der Waals surface area contributed by atoms with E-state index in [4.69, 9.17) is 0 Å². The van der Waals surface area contributed by atoms with E-state index in [-0.39, 0.29) is 10.2 Å². The Balaban J connectivity index is 2.51. The molecule has 110 valence electrons. The molecule has 0 spiro atoms. The fourth-order valence-electron chi connectivity index (χ4n) is 1.96. The third kappa shape index (κ3) is 3.05. The highest BCUT2D eigenvalue weighted by molar-refractivity contribution is 9.10. The molecule has 0 saturated heterocycles. The van der Waals surface area contributed by atoms with Crippen LogP contribution in [0.25, 0.3) is 0 Å². The number of hydrogen-bond acceptors (Lipinski definition) is 2. The molecular formula is C15H12BrF2NO2. The van der Waals surface area contributed by atoms with Gasteiger partial charge in [0.15, 0.2) is 5.54 Å². The molecule has 2 rings (SSSR count). The quantitative estimate of drug-likeness (QED) is 0.866. The maximum Gasteiger partial charge on any atom is 0.333 e. The molecule has 3 nitrogen and oxygen atoms in total. The summed E-state index contributed by atoms with van der Waals surface area (Å²) in [6.45, 7) is 1.39. The van der Waals surface area contributed by atoms with Crippen LogP contribution in [0.2, 0.25) is 0 Å². The van der Waals surface area contributed by atoms with Gasteiger partial charge in [0.2, 0.25) is 0 Å². The molecule has 0 aliphatic heterocycles. The number of carboxylic acid groups (broad SMARTS) is 1. The molecular weight excluding hydrogens is 344 g/mol. The second-order valence-electron chi connectivity index (χ2n) is 4.66. The normalized spacial score (nSPS) is 13.5. The highest BCUT2D eigenvalue weighted by Gasteiger charge is 2.37. The summed E-state index contributed by atoms with van der Waals surface area (Å²) < 4.78 is 27.2. The Kier molecular flexibility index (Phi) is 4.27. The molecule has 0 aliphatic rings. The van der Waals surface area contributed by atoms with Crippen molar-refractivity contribution in [2.24, 2.45) is 0 Å². The Labute approximate surface area is 128 Å². The second-order valence-corrected chi connectivity index (χ2v) is 5.51. The van der Waals surface area contributed by atoms with Crippen LogP contribution in [0.15, 0.2) is 46.9 Å². The van der Waals surface area contributed by atoms with E-state index in [1.165, 1.54) is 37.3 Å². The Bertz CT molecular complexity index is 693. The van der Waals surface area contributed by atoms with E-state index < -0.39 is 23.1 Å². The summed E-state index contributed by atoms with van der Waals surface area (Å²) in [5.41, 5.74) is -1.27. The van der Waals surface area contributed by atoms with E-state index in [2.05, 4.69) is 21.2 Å². The average Bonchev–Trinajstić information content (AvgIpc) is 2.41.